The van der Waals surface area contributed by atoms with Crippen molar-refractivity contribution >= 4 is 112 Å². The number of rotatable bonds is 10. The number of thiophene rings is 2. The summed E-state index contributed by atoms with van der Waals surface area (Å²) < 4.78 is 3.45. The molecule has 0 aliphatic heterocycles. The lowest BCUT2D eigenvalue weighted by atomic mass is 9.87. The summed E-state index contributed by atoms with van der Waals surface area (Å²) in [5, 5.41) is 27.6. The second-order valence-electron chi connectivity index (χ2n) is 15.5. The van der Waals surface area contributed by atoms with Crippen LogP contribution in [-0.4, -0.2) is 99.7 Å². The summed E-state index contributed by atoms with van der Waals surface area (Å²) in [6, 6.07) is 7.71. The minimum atomic E-state index is -0.733. The highest BCUT2D eigenvalue weighted by Crippen LogP contribution is 2.43. The Hall–Kier alpha value is -5.46. The van der Waals surface area contributed by atoms with E-state index in [2.05, 4.69) is 52.6 Å². The van der Waals surface area contributed by atoms with Gasteiger partial charge >= 0.3 is 5.97 Å². The first-order chi connectivity index (χ1) is 29.5. The predicted molar refractivity (Wildman–Crippen MR) is 241 cm³/mol. The molecule has 0 spiro atoms. The number of nitrogens with zero attached hydrogens (tertiary/aromatic N) is 10. The van der Waals surface area contributed by atoms with E-state index >= 15 is 0 Å². The van der Waals surface area contributed by atoms with Crippen molar-refractivity contribution in [3.63, 3.8) is 0 Å². The van der Waals surface area contributed by atoms with Gasteiger partial charge in [0.15, 0.2) is 0 Å². The van der Waals surface area contributed by atoms with Gasteiger partial charge in [0, 0.05) is 60.1 Å². The summed E-state index contributed by atoms with van der Waals surface area (Å²) in [6.45, 7) is 4.43. The number of hydrogen-bond acceptors (Lipinski definition) is 13. The molecule has 0 unspecified atom stereocenters. The first-order valence-corrected chi connectivity index (χ1v) is 22.4. The Kier molecular flexibility index (Phi) is 11.5. The quantitative estimate of drug-likeness (QED) is 0.121. The van der Waals surface area contributed by atoms with Crippen LogP contribution in [0.1, 0.15) is 40.6 Å². The molecule has 0 radical (unpaired) electrons. The topological polar surface area (TPSA) is 171 Å². The number of pyridine rings is 2. The molecule has 2 aliphatic carbocycles. The van der Waals surface area contributed by atoms with Crippen LogP contribution >= 0.6 is 45.9 Å². The van der Waals surface area contributed by atoms with Gasteiger partial charge in [-0.25, -0.2) is 29.0 Å². The van der Waals surface area contributed by atoms with Crippen molar-refractivity contribution in [3.05, 3.63) is 92.6 Å². The fraction of sp³-hybridized carbons (Fsp3) is 0.333. The highest BCUT2D eigenvalue weighted by Gasteiger charge is 2.32. The van der Waals surface area contributed by atoms with E-state index in [1.165, 1.54) is 16.8 Å². The summed E-state index contributed by atoms with van der Waals surface area (Å²) in [6.07, 6.45) is 14.4. The smallest absolute Gasteiger partial charge is 0.306 e. The molecule has 0 fully saturated rings. The lowest BCUT2D eigenvalue weighted by molar-refractivity contribution is -0.142. The number of amides is 1. The molecule has 61 heavy (non-hydrogen) atoms. The second-order valence-corrected chi connectivity index (χ2v) is 18.5. The summed E-state index contributed by atoms with van der Waals surface area (Å²) in [5.74, 6) is 0.664. The molecule has 8 heterocycles. The van der Waals surface area contributed by atoms with E-state index in [9.17, 15) is 14.7 Å². The van der Waals surface area contributed by atoms with Crippen LogP contribution in [0.25, 0.3) is 31.5 Å². The number of aliphatic carboxylic acids is 1. The molecule has 1 amide bonds. The fourth-order valence-electron chi connectivity index (χ4n) is 8.16. The van der Waals surface area contributed by atoms with Crippen LogP contribution in [0.15, 0.2) is 61.7 Å². The number of aromatic nitrogens is 8. The molecule has 3 N–H and O–H groups in total. The first-order valence-electron chi connectivity index (χ1n) is 20.0. The summed E-state index contributed by atoms with van der Waals surface area (Å²) in [7, 11) is 4.08. The molecule has 0 aromatic carbocycles. The number of carboxylic acid groups (broad SMARTS) is 1. The average molecular weight is 898 g/mol. The van der Waals surface area contributed by atoms with Gasteiger partial charge in [-0.1, -0.05) is 23.2 Å². The molecule has 2 aliphatic rings. The number of anilines is 4. The lowest BCUT2D eigenvalue weighted by Gasteiger charge is -2.29. The number of nitrogens with one attached hydrogen (secondary N) is 2. The molecule has 19 heteroatoms. The molecule has 0 bridgehead atoms. The minimum Gasteiger partial charge on any atom is -0.481 e. The third-order valence-corrected chi connectivity index (χ3v) is 14.3. The third-order valence-electron chi connectivity index (χ3n) is 11.4. The van der Waals surface area contributed by atoms with Crippen molar-refractivity contribution in [2.75, 3.05) is 44.4 Å². The number of halogens is 2. The standard InChI is InChI=1S/C24H28ClN7OS.C18H14ClN5O2S/c1-4-31(10-9-30(2)3)24(33)15-5-6-17-20(11-15)34-23-21(17)22(26-14-27-23)29-19-12-16-7-8-28-32(16)13-18(19)25;19-12-7-24-10(3-4-22-24)6-13(12)23-16-15-11-2-1-9(18(25)26)5-14(11)27-17(15)21-8-20-16/h7-8,12-15H,4-6,9-11H2,1-3H3,(H,26,27,29);3-4,6-9H,1-2,5H2,(H,25,26)(H,20,21,23)/t15-;9-/m00/s1. The molecule has 10 rings (SSSR count). The number of likely N-dealkylation sites (N-methyl/N-ethyl adjacent to an activating group) is 2. The Bertz CT molecular complexity index is 2940. The zero-order valence-corrected chi connectivity index (χ0v) is 36.7. The fourth-order valence-corrected chi connectivity index (χ4v) is 11.1. The number of fused-ring (bicyclic) bond motifs is 8. The molecule has 0 saturated carbocycles. The second kappa shape index (κ2) is 17.1. The number of aryl methyl sites for hydroxylation is 2. The van der Waals surface area contributed by atoms with Crippen LogP contribution in [0.2, 0.25) is 10.0 Å². The Labute approximate surface area is 368 Å². The highest BCUT2D eigenvalue weighted by atomic mass is 35.5. The normalized spacial score (nSPS) is 16.1. The molecule has 15 nitrogen and oxygen atoms in total. The molecule has 2 atom stereocenters. The molecular formula is C42H42Cl2N12O3S2. The van der Waals surface area contributed by atoms with Gasteiger partial charge < -0.3 is 25.5 Å². The monoisotopic (exact) mass is 896 g/mol. The Morgan fingerprint density at radius 1 is 0.787 bits per heavy atom. The van der Waals surface area contributed by atoms with E-state index in [1.54, 1.807) is 62.8 Å². The van der Waals surface area contributed by atoms with Crippen molar-refractivity contribution in [1.82, 2.24) is 49.0 Å². The number of hydrogen-bond donors (Lipinski definition) is 3. The summed E-state index contributed by atoms with van der Waals surface area (Å²) in [5.41, 5.74) is 5.79. The van der Waals surface area contributed by atoms with Gasteiger partial charge in [-0.15, -0.1) is 22.7 Å². The van der Waals surface area contributed by atoms with Crippen LogP contribution in [-0.2, 0) is 35.3 Å². The van der Waals surface area contributed by atoms with E-state index in [1.807, 2.05) is 43.3 Å². The van der Waals surface area contributed by atoms with E-state index in [4.69, 9.17) is 23.2 Å². The summed E-state index contributed by atoms with van der Waals surface area (Å²) in [4.78, 5) is 50.8. The maximum Gasteiger partial charge on any atom is 0.306 e. The van der Waals surface area contributed by atoms with Gasteiger partial charge in [0.1, 0.15) is 34.0 Å². The Morgan fingerprint density at radius 2 is 1.30 bits per heavy atom. The van der Waals surface area contributed by atoms with Crippen molar-refractivity contribution in [2.45, 2.75) is 45.4 Å². The van der Waals surface area contributed by atoms with Crippen LogP contribution < -0.4 is 10.6 Å². The SMILES string of the molecule is CCN(CCN(C)C)C(=O)[C@H]1CCc2c(sc3ncnc(Nc4cc5ccnn5cc4Cl)c23)C1.O=C(O)[C@H]1CCc2c(sc3ncnc(Nc4cc5ccnn5cc4Cl)c23)C1. The lowest BCUT2D eigenvalue weighted by Crippen LogP contribution is -2.41. The minimum absolute atomic E-state index is 0.0192. The molecular weight excluding hydrogens is 856 g/mol. The van der Waals surface area contributed by atoms with Gasteiger partial charge in [-0.3, -0.25) is 9.59 Å². The van der Waals surface area contributed by atoms with Crippen molar-refractivity contribution in [1.29, 1.82) is 0 Å². The van der Waals surface area contributed by atoms with Crippen LogP contribution in [0.3, 0.4) is 0 Å². The zero-order chi connectivity index (χ0) is 42.4. The van der Waals surface area contributed by atoms with E-state index in [0.717, 1.165) is 98.0 Å². The molecule has 8 aromatic heterocycles. The highest BCUT2D eigenvalue weighted by molar-refractivity contribution is 7.19. The Morgan fingerprint density at radius 3 is 1.79 bits per heavy atom. The van der Waals surface area contributed by atoms with Crippen LogP contribution in [0, 0.1) is 11.8 Å². The van der Waals surface area contributed by atoms with Crippen molar-refractivity contribution in [2.24, 2.45) is 11.8 Å². The largest absolute Gasteiger partial charge is 0.481 e. The van der Waals surface area contributed by atoms with E-state index in [-0.39, 0.29) is 17.7 Å². The van der Waals surface area contributed by atoms with Crippen LogP contribution in [0.5, 0.6) is 0 Å². The van der Waals surface area contributed by atoms with Crippen molar-refractivity contribution < 1.29 is 14.7 Å². The predicted octanol–water partition coefficient (Wildman–Crippen LogP) is 8.18. The van der Waals surface area contributed by atoms with Gasteiger partial charge in [0.05, 0.1) is 49.1 Å². The van der Waals surface area contributed by atoms with Gasteiger partial charge in [0.25, 0.3) is 0 Å². The van der Waals surface area contributed by atoms with Gasteiger partial charge in [-0.2, -0.15) is 10.2 Å². The van der Waals surface area contributed by atoms with Gasteiger partial charge in [-0.05, 0) is 94.9 Å². The average Bonchev–Trinajstić information content (AvgIpc) is 4.06. The zero-order valence-electron chi connectivity index (χ0n) is 33.6. The number of carbonyl (C=O) groups is 2. The summed E-state index contributed by atoms with van der Waals surface area (Å²) >= 11 is 16.1. The molecule has 314 valence electrons. The number of carboxylic acids is 1. The maximum atomic E-state index is 13.2. The number of carbonyl (C=O) groups excluding carboxylic acids is 1. The van der Waals surface area contributed by atoms with E-state index in [0.29, 0.717) is 35.1 Å². The Balaban J connectivity index is 0.000000160. The van der Waals surface area contributed by atoms with Crippen molar-refractivity contribution in [3.8, 4) is 0 Å². The van der Waals surface area contributed by atoms with Gasteiger partial charge in [0.2, 0.25) is 5.91 Å². The molecule has 8 aromatic rings. The maximum absolute atomic E-state index is 13.2. The van der Waals surface area contributed by atoms with E-state index < -0.39 is 5.97 Å². The third kappa shape index (κ3) is 8.20. The van der Waals surface area contributed by atoms with Crippen LogP contribution in [0.4, 0.5) is 23.0 Å². The first kappa shape index (κ1) is 40.9. The molecule has 0 saturated heterocycles.